The van der Waals surface area contributed by atoms with Gasteiger partial charge in [0.05, 0.1) is 0 Å². The number of ether oxygens (including phenoxy) is 2. The van der Waals surface area contributed by atoms with Crippen LogP contribution in [0.15, 0.2) is 84.9 Å². The third kappa shape index (κ3) is 10.4. The van der Waals surface area contributed by atoms with Crippen molar-refractivity contribution in [2.24, 2.45) is 0 Å². The Kier molecular flexibility index (Phi) is 12.1. The van der Waals surface area contributed by atoms with Crippen molar-refractivity contribution < 1.29 is 19.1 Å². The molecule has 0 fully saturated rings. The monoisotopic (exact) mass is 458 g/mol. The Hall–Kier alpha value is -3.50. The molecule has 3 rings (SSSR count). The molecule has 0 amide bonds. The van der Waals surface area contributed by atoms with Gasteiger partial charge in [-0.25, -0.2) is 0 Å². The molecular weight excluding hydrogens is 424 g/mol. The number of rotatable bonds is 10. The van der Waals surface area contributed by atoms with Gasteiger partial charge in [0.15, 0.2) is 5.78 Å². The van der Waals surface area contributed by atoms with Crippen molar-refractivity contribution in [2.45, 2.75) is 40.0 Å². The maximum absolute atomic E-state index is 12.1. The number of carbonyl (C=O) groups is 2. The van der Waals surface area contributed by atoms with Gasteiger partial charge in [0.1, 0.15) is 5.75 Å². The number of esters is 1. The molecule has 4 heteroatoms. The first kappa shape index (κ1) is 26.7. The summed E-state index contributed by atoms with van der Waals surface area (Å²) in [5.41, 5.74) is 3.96. The topological polar surface area (TPSA) is 52.6 Å². The summed E-state index contributed by atoms with van der Waals surface area (Å²) in [6.45, 7) is 7.48. The van der Waals surface area contributed by atoms with Gasteiger partial charge < -0.3 is 9.47 Å². The van der Waals surface area contributed by atoms with Gasteiger partial charge in [0, 0.05) is 25.7 Å². The lowest BCUT2D eigenvalue weighted by Crippen LogP contribution is -2.01. The third-order valence-corrected chi connectivity index (χ3v) is 4.76. The van der Waals surface area contributed by atoms with Crippen LogP contribution >= 0.6 is 0 Å². The predicted molar refractivity (Wildman–Crippen MR) is 138 cm³/mol. The van der Waals surface area contributed by atoms with Crippen LogP contribution in [0.2, 0.25) is 0 Å². The van der Waals surface area contributed by atoms with E-state index in [2.05, 4.69) is 13.8 Å². The Morgan fingerprint density at radius 2 is 1.32 bits per heavy atom. The first-order valence-electron chi connectivity index (χ1n) is 11.7. The van der Waals surface area contributed by atoms with Gasteiger partial charge in [0.2, 0.25) is 0 Å². The number of hydrogen-bond donors (Lipinski definition) is 0. The molecule has 0 saturated carbocycles. The van der Waals surface area contributed by atoms with Crippen LogP contribution in [0.4, 0.5) is 0 Å². The van der Waals surface area contributed by atoms with E-state index in [1.54, 1.807) is 18.2 Å². The van der Waals surface area contributed by atoms with Gasteiger partial charge >= 0.3 is 5.97 Å². The van der Waals surface area contributed by atoms with Gasteiger partial charge in [-0.05, 0) is 54.2 Å². The molecule has 3 aromatic carbocycles. The van der Waals surface area contributed by atoms with Crippen LogP contribution in [0.1, 0.15) is 60.7 Å². The van der Waals surface area contributed by atoms with Crippen molar-refractivity contribution in [3.05, 3.63) is 107 Å². The minimum atomic E-state index is -0.322. The molecule has 0 atom stereocenters. The Morgan fingerprint density at radius 1 is 0.765 bits per heavy atom. The standard InChI is InChI=1S/C24H20O3.C6H14O/c1-18(25)27-23-14-11-21(12-15-23)17-20-9-7-19(8-10-20)13-16-24(26)22-5-3-2-4-6-22;1-3-5-7-6-4-2/h2-16H,17H2,1H3;3-6H2,1-2H3/b16-13+;. The second-order valence-corrected chi connectivity index (χ2v) is 7.83. The van der Waals surface area contributed by atoms with Crippen LogP contribution < -0.4 is 4.74 Å². The summed E-state index contributed by atoms with van der Waals surface area (Å²) in [5, 5.41) is 0. The van der Waals surface area contributed by atoms with Gasteiger partial charge in [-0.3, -0.25) is 9.59 Å². The molecule has 0 aliphatic heterocycles. The molecule has 0 unspecified atom stereocenters. The molecule has 0 aliphatic carbocycles. The lowest BCUT2D eigenvalue weighted by atomic mass is 10.0. The van der Waals surface area contributed by atoms with Crippen LogP contribution in [0, 0.1) is 0 Å². The predicted octanol–water partition coefficient (Wildman–Crippen LogP) is 6.92. The van der Waals surface area contributed by atoms with Gasteiger partial charge in [-0.1, -0.05) is 86.7 Å². The number of ketones is 1. The van der Waals surface area contributed by atoms with Crippen molar-refractivity contribution in [1.82, 2.24) is 0 Å². The maximum Gasteiger partial charge on any atom is 0.308 e. The van der Waals surface area contributed by atoms with Crippen LogP contribution in [-0.2, 0) is 16.0 Å². The van der Waals surface area contributed by atoms with E-state index in [1.165, 1.54) is 12.5 Å². The quantitative estimate of drug-likeness (QED) is 0.109. The van der Waals surface area contributed by atoms with Crippen molar-refractivity contribution >= 4 is 17.8 Å². The largest absolute Gasteiger partial charge is 0.427 e. The van der Waals surface area contributed by atoms with Crippen molar-refractivity contribution in [1.29, 1.82) is 0 Å². The van der Waals surface area contributed by atoms with E-state index in [0.29, 0.717) is 11.3 Å². The SMILES string of the molecule is CC(=O)Oc1ccc(Cc2ccc(/C=C/C(=O)c3ccccc3)cc2)cc1.CCCOCCC. The smallest absolute Gasteiger partial charge is 0.308 e. The number of allylic oxidation sites excluding steroid dienone is 1. The van der Waals surface area contributed by atoms with E-state index >= 15 is 0 Å². The minimum absolute atomic E-state index is 0.00690. The number of carbonyl (C=O) groups excluding carboxylic acids is 2. The highest BCUT2D eigenvalue weighted by atomic mass is 16.5. The minimum Gasteiger partial charge on any atom is -0.427 e. The number of hydrogen-bond acceptors (Lipinski definition) is 4. The highest BCUT2D eigenvalue weighted by Crippen LogP contribution is 2.16. The Morgan fingerprint density at radius 3 is 1.85 bits per heavy atom. The van der Waals surface area contributed by atoms with Crippen molar-refractivity contribution in [2.75, 3.05) is 13.2 Å². The van der Waals surface area contributed by atoms with Crippen molar-refractivity contribution in [3.63, 3.8) is 0 Å². The Labute approximate surface area is 203 Å². The molecule has 0 heterocycles. The Balaban J connectivity index is 0.000000509. The summed E-state index contributed by atoms with van der Waals surface area (Å²) in [6.07, 6.45) is 6.48. The Bertz CT molecular complexity index is 1020. The molecular formula is C30H34O4. The normalized spacial score (nSPS) is 10.4. The second kappa shape index (κ2) is 15.4. The zero-order chi connectivity index (χ0) is 24.6. The fraction of sp³-hybridized carbons (Fsp3) is 0.267. The van der Waals surface area contributed by atoms with Crippen LogP contribution in [0.3, 0.4) is 0 Å². The summed E-state index contributed by atoms with van der Waals surface area (Å²) in [4.78, 5) is 23.1. The van der Waals surface area contributed by atoms with E-state index in [-0.39, 0.29) is 11.8 Å². The van der Waals surface area contributed by atoms with Crippen molar-refractivity contribution in [3.8, 4) is 5.75 Å². The van der Waals surface area contributed by atoms with Crippen LogP contribution in [0.25, 0.3) is 6.08 Å². The van der Waals surface area contributed by atoms with Gasteiger partial charge in [-0.15, -0.1) is 0 Å². The summed E-state index contributed by atoms with van der Waals surface area (Å²) < 4.78 is 10.2. The highest BCUT2D eigenvalue weighted by molar-refractivity contribution is 6.06. The summed E-state index contributed by atoms with van der Waals surface area (Å²) in [6, 6.07) is 24.8. The molecule has 178 valence electrons. The molecule has 0 aromatic heterocycles. The fourth-order valence-corrected chi connectivity index (χ4v) is 3.08. The van der Waals surface area contributed by atoms with E-state index < -0.39 is 0 Å². The average Bonchev–Trinajstić information content (AvgIpc) is 2.85. The van der Waals surface area contributed by atoms with E-state index in [0.717, 1.165) is 43.6 Å². The number of benzene rings is 3. The molecule has 0 aliphatic rings. The molecule has 0 saturated heterocycles. The second-order valence-electron chi connectivity index (χ2n) is 7.83. The van der Waals surface area contributed by atoms with Crippen LogP contribution in [-0.4, -0.2) is 25.0 Å². The molecule has 0 bridgehead atoms. The zero-order valence-corrected chi connectivity index (χ0v) is 20.3. The fourth-order valence-electron chi connectivity index (χ4n) is 3.08. The highest BCUT2D eigenvalue weighted by Gasteiger charge is 2.02. The van der Waals surface area contributed by atoms with Gasteiger partial charge in [-0.2, -0.15) is 0 Å². The zero-order valence-electron chi connectivity index (χ0n) is 20.3. The molecule has 3 aromatic rings. The summed E-state index contributed by atoms with van der Waals surface area (Å²) in [5.74, 6) is 0.222. The first-order chi connectivity index (χ1) is 16.5. The van der Waals surface area contributed by atoms with Gasteiger partial charge in [0.25, 0.3) is 0 Å². The molecule has 0 spiro atoms. The van der Waals surface area contributed by atoms with E-state index in [4.69, 9.17) is 9.47 Å². The average molecular weight is 459 g/mol. The molecule has 34 heavy (non-hydrogen) atoms. The molecule has 0 N–H and O–H groups in total. The van der Waals surface area contributed by atoms with E-state index in [9.17, 15) is 9.59 Å². The maximum atomic E-state index is 12.1. The summed E-state index contributed by atoms with van der Waals surface area (Å²) in [7, 11) is 0. The van der Waals surface area contributed by atoms with Crippen LogP contribution in [0.5, 0.6) is 5.75 Å². The molecule has 0 radical (unpaired) electrons. The molecule has 4 nitrogen and oxygen atoms in total. The first-order valence-corrected chi connectivity index (χ1v) is 11.7. The summed E-state index contributed by atoms with van der Waals surface area (Å²) >= 11 is 0. The third-order valence-electron chi connectivity index (χ3n) is 4.76. The lowest BCUT2D eigenvalue weighted by molar-refractivity contribution is -0.131. The van der Waals surface area contributed by atoms with E-state index in [1.807, 2.05) is 72.8 Å². The lowest BCUT2D eigenvalue weighted by Gasteiger charge is -2.05.